The molecule has 0 unspecified atom stereocenters. The Balaban J connectivity index is 1.68. The molecule has 0 aliphatic carbocycles. The number of benzene rings is 1. The average Bonchev–Trinajstić information content (AvgIpc) is 2.51. The first-order chi connectivity index (χ1) is 9.74. The van der Waals surface area contributed by atoms with Gasteiger partial charge in [-0.3, -0.25) is 4.79 Å². The van der Waals surface area contributed by atoms with Gasteiger partial charge in [-0.1, -0.05) is 12.1 Å². The molecule has 2 fully saturated rings. The van der Waals surface area contributed by atoms with Crippen LogP contribution in [-0.4, -0.2) is 50.6 Å². The molecule has 0 spiro atoms. The summed E-state index contributed by atoms with van der Waals surface area (Å²) < 4.78 is 0. The average molecular weight is 273 g/mol. The Morgan fingerprint density at radius 3 is 2.45 bits per heavy atom. The quantitative estimate of drug-likeness (QED) is 0.885. The van der Waals surface area contributed by atoms with Gasteiger partial charge in [-0.25, -0.2) is 0 Å². The maximum Gasteiger partial charge on any atom is 0.241 e. The number of rotatable bonds is 2. The number of hydrogen-bond donors (Lipinski definition) is 1. The third-order valence-corrected chi connectivity index (χ3v) is 4.53. The molecular formula is C16H23N3O. The zero-order valence-electron chi connectivity index (χ0n) is 12.1. The Kier molecular flexibility index (Phi) is 3.92. The summed E-state index contributed by atoms with van der Waals surface area (Å²) >= 11 is 0. The van der Waals surface area contributed by atoms with Gasteiger partial charge in [0.15, 0.2) is 0 Å². The molecule has 0 radical (unpaired) electrons. The van der Waals surface area contributed by atoms with Crippen molar-refractivity contribution in [2.45, 2.75) is 18.8 Å². The van der Waals surface area contributed by atoms with Crippen LogP contribution < -0.4 is 10.2 Å². The molecule has 108 valence electrons. The van der Waals surface area contributed by atoms with Gasteiger partial charge in [0.05, 0.1) is 6.54 Å². The fourth-order valence-electron chi connectivity index (χ4n) is 3.09. The van der Waals surface area contributed by atoms with Gasteiger partial charge in [0.25, 0.3) is 0 Å². The smallest absolute Gasteiger partial charge is 0.241 e. The maximum atomic E-state index is 11.8. The van der Waals surface area contributed by atoms with Crippen LogP contribution in [-0.2, 0) is 4.79 Å². The van der Waals surface area contributed by atoms with Crippen LogP contribution in [0.1, 0.15) is 24.3 Å². The van der Waals surface area contributed by atoms with Gasteiger partial charge >= 0.3 is 0 Å². The Hall–Kier alpha value is -1.55. The molecule has 0 aromatic heterocycles. The monoisotopic (exact) mass is 273 g/mol. The van der Waals surface area contributed by atoms with Crippen molar-refractivity contribution in [1.29, 1.82) is 0 Å². The van der Waals surface area contributed by atoms with Crippen LogP contribution in [0, 0.1) is 0 Å². The third-order valence-electron chi connectivity index (χ3n) is 4.53. The van der Waals surface area contributed by atoms with Crippen molar-refractivity contribution in [3.8, 4) is 0 Å². The SMILES string of the molecule is CN1CCN(c2ccc(C3CCNCC3)cc2)CC1=O. The van der Waals surface area contributed by atoms with E-state index in [0.29, 0.717) is 12.5 Å². The number of amides is 1. The molecule has 2 aliphatic heterocycles. The minimum absolute atomic E-state index is 0.207. The van der Waals surface area contributed by atoms with Crippen molar-refractivity contribution in [2.75, 3.05) is 44.7 Å². The Labute approximate surface area is 120 Å². The topological polar surface area (TPSA) is 35.6 Å². The highest BCUT2D eigenvalue weighted by molar-refractivity contribution is 5.82. The van der Waals surface area contributed by atoms with Crippen LogP contribution in [0.25, 0.3) is 0 Å². The second-order valence-electron chi connectivity index (χ2n) is 5.85. The Morgan fingerprint density at radius 2 is 1.80 bits per heavy atom. The second-order valence-corrected chi connectivity index (χ2v) is 5.85. The van der Waals surface area contributed by atoms with Gasteiger partial charge in [0.1, 0.15) is 0 Å². The van der Waals surface area contributed by atoms with E-state index in [0.717, 1.165) is 26.2 Å². The van der Waals surface area contributed by atoms with Gasteiger partial charge in [0.2, 0.25) is 5.91 Å². The first-order valence-electron chi connectivity index (χ1n) is 7.53. The second kappa shape index (κ2) is 5.83. The molecule has 20 heavy (non-hydrogen) atoms. The number of likely N-dealkylation sites (N-methyl/N-ethyl adjacent to an activating group) is 1. The minimum Gasteiger partial charge on any atom is -0.360 e. The van der Waals surface area contributed by atoms with Gasteiger partial charge in [0, 0.05) is 25.8 Å². The Bertz CT molecular complexity index is 465. The van der Waals surface area contributed by atoms with Gasteiger partial charge in [-0.15, -0.1) is 0 Å². The largest absolute Gasteiger partial charge is 0.360 e. The summed E-state index contributed by atoms with van der Waals surface area (Å²) in [6, 6.07) is 8.84. The molecule has 1 aromatic rings. The Morgan fingerprint density at radius 1 is 1.10 bits per heavy atom. The van der Waals surface area contributed by atoms with E-state index in [1.807, 2.05) is 7.05 Å². The highest BCUT2D eigenvalue weighted by Gasteiger charge is 2.21. The number of hydrogen-bond acceptors (Lipinski definition) is 3. The fraction of sp³-hybridized carbons (Fsp3) is 0.562. The zero-order valence-corrected chi connectivity index (χ0v) is 12.1. The van der Waals surface area contributed by atoms with Gasteiger partial charge in [-0.05, 0) is 49.5 Å². The van der Waals surface area contributed by atoms with Gasteiger partial charge in [-0.2, -0.15) is 0 Å². The van der Waals surface area contributed by atoms with E-state index in [1.54, 1.807) is 4.90 Å². The normalized spacial score (nSPS) is 21.4. The van der Waals surface area contributed by atoms with Crippen LogP contribution in [0.5, 0.6) is 0 Å². The van der Waals surface area contributed by atoms with Crippen molar-refractivity contribution in [3.63, 3.8) is 0 Å². The lowest BCUT2D eigenvalue weighted by molar-refractivity contribution is -0.129. The fourth-order valence-corrected chi connectivity index (χ4v) is 3.09. The van der Waals surface area contributed by atoms with Crippen molar-refractivity contribution in [3.05, 3.63) is 29.8 Å². The number of carbonyl (C=O) groups excluding carboxylic acids is 1. The minimum atomic E-state index is 0.207. The molecule has 1 amide bonds. The summed E-state index contributed by atoms with van der Waals surface area (Å²) in [6.07, 6.45) is 2.46. The number of anilines is 1. The summed E-state index contributed by atoms with van der Waals surface area (Å²) in [4.78, 5) is 15.7. The van der Waals surface area contributed by atoms with Crippen molar-refractivity contribution < 1.29 is 4.79 Å². The van der Waals surface area contributed by atoms with Crippen LogP contribution in [0.4, 0.5) is 5.69 Å². The van der Waals surface area contributed by atoms with Crippen LogP contribution in [0.2, 0.25) is 0 Å². The van der Waals surface area contributed by atoms with Crippen LogP contribution >= 0.6 is 0 Å². The van der Waals surface area contributed by atoms with E-state index in [9.17, 15) is 4.79 Å². The standard InChI is InChI=1S/C16H23N3O/c1-18-10-11-19(12-16(18)20)15-4-2-13(3-5-15)14-6-8-17-9-7-14/h2-5,14,17H,6-12H2,1H3. The molecule has 2 saturated heterocycles. The molecule has 4 heteroatoms. The first kappa shape index (κ1) is 13.4. The van der Waals surface area contributed by atoms with E-state index in [2.05, 4.69) is 34.5 Å². The lowest BCUT2D eigenvalue weighted by Gasteiger charge is -2.33. The summed E-state index contributed by atoms with van der Waals surface area (Å²) in [7, 11) is 1.87. The third kappa shape index (κ3) is 2.80. The van der Waals surface area contributed by atoms with Gasteiger partial charge < -0.3 is 15.1 Å². The highest BCUT2D eigenvalue weighted by Crippen LogP contribution is 2.27. The summed E-state index contributed by atoms with van der Waals surface area (Å²) in [6.45, 7) is 4.49. The molecule has 2 heterocycles. The van der Waals surface area contributed by atoms with E-state index in [4.69, 9.17) is 0 Å². The molecule has 1 aromatic carbocycles. The molecule has 0 bridgehead atoms. The van der Waals surface area contributed by atoms with E-state index in [1.165, 1.54) is 24.1 Å². The van der Waals surface area contributed by atoms with Crippen LogP contribution in [0.3, 0.4) is 0 Å². The zero-order chi connectivity index (χ0) is 13.9. The number of nitrogens with zero attached hydrogens (tertiary/aromatic N) is 2. The summed E-state index contributed by atoms with van der Waals surface area (Å²) in [5.74, 6) is 0.901. The molecule has 2 aliphatic rings. The van der Waals surface area contributed by atoms with E-state index < -0.39 is 0 Å². The predicted octanol–water partition coefficient (Wildman–Crippen LogP) is 1.43. The molecule has 3 rings (SSSR count). The van der Waals surface area contributed by atoms with Crippen molar-refractivity contribution in [1.82, 2.24) is 10.2 Å². The lowest BCUT2D eigenvalue weighted by Crippen LogP contribution is -2.48. The van der Waals surface area contributed by atoms with Crippen molar-refractivity contribution in [2.24, 2.45) is 0 Å². The van der Waals surface area contributed by atoms with E-state index in [-0.39, 0.29) is 5.91 Å². The number of piperidine rings is 1. The number of piperazine rings is 1. The summed E-state index contributed by atoms with van der Waals surface area (Å²) in [5.41, 5.74) is 2.61. The van der Waals surface area contributed by atoms with Crippen LogP contribution in [0.15, 0.2) is 24.3 Å². The lowest BCUT2D eigenvalue weighted by atomic mass is 9.90. The number of nitrogens with one attached hydrogen (secondary N) is 1. The van der Waals surface area contributed by atoms with E-state index >= 15 is 0 Å². The number of carbonyl (C=O) groups is 1. The predicted molar refractivity (Wildman–Crippen MR) is 81.1 cm³/mol. The maximum absolute atomic E-state index is 11.8. The van der Waals surface area contributed by atoms with Crippen molar-refractivity contribution >= 4 is 11.6 Å². The highest BCUT2D eigenvalue weighted by atomic mass is 16.2. The molecular weight excluding hydrogens is 250 g/mol. The first-order valence-corrected chi connectivity index (χ1v) is 7.53. The summed E-state index contributed by atoms with van der Waals surface area (Å²) in [5, 5.41) is 3.41. The molecule has 0 saturated carbocycles. The molecule has 1 N–H and O–H groups in total. The molecule has 4 nitrogen and oxygen atoms in total. The molecule has 0 atom stereocenters.